The Morgan fingerprint density at radius 1 is 1.32 bits per heavy atom. The predicted molar refractivity (Wildman–Crippen MR) is 83.4 cm³/mol. The minimum absolute atomic E-state index is 0.558. The van der Waals surface area contributed by atoms with E-state index in [1.54, 1.807) is 0 Å². The van der Waals surface area contributed by atoms with E-state index in [0.29, 0.717) is 13.0 Å². The number of halogens is 1. The van der Waals surface area contributed by atoms with Gasteiger partial charge in [0, 0.05) is 52.4 Å². The van der Waals surface area contributed by atoms with Crippen LogP contribution in [0.4, 0.5) is 4.39 Å². The van der Waals surface area contributed by atoms with Crippen molar-refractivity contribution in [1.82, 2.24) is 19.6 Å². The highest BCUT2D eigenvalue weighted by Gasteiger charge is 2.23. The molecule has 1 saturated heterocycles. The molecule has 0 unspecified atom stereocenters. The highest BCUT2D eigenvalue weighted by atomic mass is 19.1. The molecular formula is C16H27FN4O. The Bertz CT molecular complexity index is 479. The molecule has 0 aromatic carbocycles. The maximum absolute atomic E-state index is 13.3. The molecule has 5 nitrogen and oxygen atoms in total. The number of ether oxygens (including phenoxy) is 1. The van der Waals surface area contributed by atoms with Crippen molar-refractivity contribution >= 4 is 0 Å². The minimum atomic E-state index is -0.658. The molecule has 0 radical (unpaired) electrons. The summed E-state index contributed by atoms with van der Waals surface area (Å²) in [7, 11) is 0. The van der Waals surface area contributed by atoms with E-state index in [2.05, 4.69) is 20.5 Å². The Balaban J connectivity index is 1.58. The highest BCUT2D eigenvalue weighted by Crippen LogP contribution is 2.18. The van der Waals surface area contributed by atoms with Crippen LogP contribution in [0.3, 0.4) is 0 Å². The molecule has 0 spiro atoms. The van der Waals surface area contributed by atoms with Gasteiger partial charge in [0.1, 0.15) is 6.17 Å². The monoisotopic (exact) mass is 310 g/mol. The Morgan fingerprint density at radius 2 is 2.23 bits per heavy atom. The largest absolute Gasteiger partial charge is 0.380 e. The van der Waals surface area contributed by atoms with Crippen LogP contribution < -0.4 is 0 Å². The lowest BCUT2D eigenvalue weighted by Gasteiger charge is -2.19. The number of nitrogens with zero attached hydrogens (tertiary/aromatic N) is 4. The molecule has 1 aromatic heterocycles. The first-order valence-corrected chi connectivity index (χ1v) is 8.46. The van der Waals surface area contributed by atoms with Crippen LogP contribution in [0.1, 0.15) is 31.2 Å². The summed E-state index contributed by atoms with van der Waals surface area (Å²) in [5, 5.41) is 4.72. The number of aryl methyl sites for hydroxylation is 1. The van der Waals surface area contributed by atoms with Gasteiger partial charge in [-0.2, -0.15) is 5.10 Å². The van der Waals surface area contributed by atoms with Crippen molar-refractivity contribution in [2.75, 3.05) is 39.4 Å². The molecule has 6 heteroatoms. The van der Waals surface area contributed by atoms with Gasteiger partial charge in [-0.15, -0.1) is 0 Å². The van der Waals surface area contributed by atoms with Gasteiger partial charge in [-0.1, -0.05) is 0 Å². The Labute approximate surface area is 132 Å². The molecule has 2 aliphatic heterocycles. The van der Waals surface area contributed by atoms with Gasteiger partial charge in [0.15, 0.2) is 0 Å². The fourth-order valence-electron chi connectivity index (χ4n) is 3.35. The first-order valence-electron chi connectivity index (χ1n) is 8.46. The second-order valence-corrected chi connectivity index (χ2v) is 6.30. The number of rotatable bonds is 6. The lowest BCUT2D eigenvalue weighted by Crippen LogP contribution is -2.27. The molecule has 0 N–H and O–H groups in total. The maximum atomic E-state index is 13.3. The average molecular weight is 310 g/mol. The van der Waals surface area contributed by atoms with Gasteiger partial charge < -0.3 is 4.74 Å². The van der Waals surface area contributed by atoms with Gasteiger partial charge in [-0.05, 0) is 25.8 Å². The Morgan fingerprint density at radius 3 is 3.00 bits per heavy atom. The average Bonchev–Trinajstić information content (AvgIpc) is 3.01. The quantitative estimate of drug-likeness (QED) is 0.749. The second kappa shape index (κ2) is 7.53. The lowest BCUT2D eigenvalue weighted by molar-refractivity contribution is 0.111. The second-order valence-electron chi connectivity index (χ2n) is 6.30. The molecule has 0 amide bonds. The molecule has 22 heavy (non-hydrogen) atoms. The summed E-state index contributed by atoms with van der Waals surface area (Å²) in [6.07, 6.45) is 1.13. The normalized spacial score (nSPS) is 23.6. The lowest BCUT2D eigenvalue weighted by atomic mass is 10.3. The summed E-state index contributed by atoms with van der Waals surface area (Å²) in [4.78, 5) is 4.60. The molecule has 2 aliphatic rings. The summed E-state index contributed by atoms with van der Waals surface area (Å²) in [5.74, 6) is 0. The molecule has 3 rings (SSSR count). The van der Waals surface area contributed by atoms with Crippen LogP contribution in [0.5, 0.6) is 0 Å². The van der Waals surface area contributed by atoms with Crippen molar-refractivity contribution in [1.29, 1.82) is 0 Å². The topological polar surface area (TPSA) is 33.5 Å². The van der Waals surface area contributed by atoms with Crippen molar-refractivity contribution in [3.63, 3.8) is 0 Å². The van der Waals surface area contributed by atoms with Gasteiger partial charge in [-0.3, -0.25) is 14.5 Å². The van der Waals surface area contributed by atoms with E-state index in [4.69, 9.17) is 9.84 Å². The molecule has 1 fully saturated rings. The number of alkyl halides is 1. The van der Waals surface area contributed by atoms with Crippen LogP contribution in [0.15, 0.2) is 6.07 Å². The molecule has 1 aromatic rings. The van der Waals surface area contributed by atoms with Crippen LogP contribution >= 0.6 is 0 Å². The number of hydrogen-bond acceptors (Lipinski definition) is 4. The van der Waals surface area contributed by atoms with E-state index in [9.17, 15) is 4.39 Å². The summed E-state index contributed by atoms with van der Waals surface area (Å²) >= 11 is 0. The van der Waals surface area contributed by atoms with Crippen LogP contribution in [-0.2, 0) is 24.4 Å². The number of hydrogen-bond donors (Lipinski definition) is 0. The summed E-state index contributed by atoms with van der Waals surface area (Å²) in [6, 6.07) is 2.20. The summed E-state index contributed by atoms with van der Waals surface area (Å²) < 4.78 is 20.9. The zero-order valence-electron chi connectivity index (χ0n) is 13.5. The van der Waals surface area contributed by atoms with Gasteiger partial charge >= 0.3 is 0 Å². The zero-order chi connectivity index (χ0) is 15.4. The number of likely N-dealkylation sites (tertiary alicyclic amines) is 1. The van der Waals surface area contributed by atoms with Crippen LogP contribution in [-0.4, -0.2) is 65.1 Å². The molecule has 0 aliphatic carbocycles. The van der Waals surface area contributed by atoms with E-state index in [1.807, 2.05) is 6.92 Å². The Hall–Kier alpha value is -0.980. The molecule has 0 bridgehead atoms. The van der Waals surface area contributed by atoms with Crippen LogP contribution in [0.25, 0.3) is 0 Å². The van der Waals surface area contributed by atoms with Gasteiger partial charge in [0.2, 0.25) is 0 Å². The third-order valence-corrected chi connectivity index (χ3v) is 4.50. The fourth-order valence-corrected chi connectivity index (χ4v) is 3.35. The van der Waals surface area contributed by atoms with Gasteiger partial charge in [-0.25, -0.2) is 4.39 Å². The maximum Gasteiger partial charge on any atom is 0.114 e. The van der Waals surface area contributed by atoms with Crippen molar-refractivity contribution < 1.29 is 9.13 Å². The van der Waals surface area contributed by atoms with Crippen molar-refractivity contribution in [2.45, 2.75) is 45.6 Å². The van der Waals surface area contributed by atoms with E-state index in [1.165, 1.54) is 5.69 Å². The summed E-state index contributed by atoms with van der Waals surface area (Å²) in [5.41, 5.74) is 2.36. The smallest absolute Gasteiger partial charge is 0.114 e. The van der Waals surface area contributed by atoms with E-state index < -0.39 is 6.17 Å². The molecular weight excluding hydrogens is 283 g/mol. The van der Waals surface area contributed by atoms with Crippen LogP contribution in [0.2, 0.25) is 0 Å². The predicted octanol–water partition coefficient (Wildman–Crippen LogP) is 1.67. The first-order chi connectivity index (χ1) is 10.7. The SMILES string of the molecule is CCOCCN1CCCn2nc(CN3CC[C@H](F)C3)cc2C1. The molecule has 1 atom stereocenters. The van der Waals surface area contributed by atoms with Crippen LogP contribution in [0, 0.1) is 0 Å². The van der Waals surface area contributed by atoms with Crippen molar-refractivity contribution in [2.24, 2.45) is 0 Å². The fraction of sp³-hybridized carbons (Fsp3) is 0.812. The first kappa shape index (κ1) is 15.9. The van der Waals surface area contributed by atoms with Crippen molar-refractivity contribution in [3.05, 3.63) is 17.5 Å². The summed E-state index contributed by atoms with van der Waals surface area (Å²) in [6.45, 7) is 9.78. The van der Waals surface area contributed by atoms with E-state index >= 15 is 0 Å². The van der Waals surface area contributed by atoms with Crippen molar-refractivity contribution in [3.8, 4) is 0 Å². The van der Waals surface area contributed by atoms with E-state index in [0.717, 1.165) is 64.6 Å². The number of aromatic nitrogens is 2. The number of fused-ring (bicyclic) bond motifs is 1. The van der Waals surface area contributed by atoms with E-state index in [-0.39, 0.29) is 0 Å². The minimum Gasteiger partial charge on any atom is -0.380 e. The third kappa shape index (κ3) is 4.06. The molecule has 124 valence electrons. The molecule has 3 heterocycles. The molecule has 0 saturated carbocycles. The third-order valence-electron chi connectivity index (χ3n) is 4.50. The zero-order valence-corrected chi connectivity index (χ0v) is 13.5. The van der Waals surface area contributed by atoms with Gasteiger partial charge in [0.25, 0.3) is 0 Å². The Kier molecular flexibility index (Phi) is 5.44. The highest BCUT2D eigenvalue weighted by molar-refractivity contribution is 5.11. The standard InChI is InChI=1S/C16H27FN4O/c1-2-22-9-8-19-5-3-6-21-16(13-19)10-15(18-21)12-20-7-4-14(17)11-20/h10,14H,2-9,11-13H2,1H3/t14-/m0/s1. The van der Waals surface area contributed by atoms with Gasteiger partial charge in [0.05, 0.1) is 18.0 Å².